The average molecular weight is 471 g/mol. The summed E-state index contributed by atoms with van der Waals surface area (Å²) in [6.07, 6.45) is -32.8. The van der Waals surface area contributed by atoms with E-state index in [1.165, 1.54) is 0 Å². The number of aromatic nitrogens is 1. The average Bonchev–Trinajstić information content (AvgIpc) is 2.54. The van der Waals surface area contributed by atoms with Crippen LogP contribution >= 0.6 is 0 Å². The largest absolute Gasteiger partial charge is 0.434 e. The van der Waals surface area contributed by atoms with Crippen LogP contribution in [0.2, 0.25) is 0 Å². The molecule has 2 unspecified atom stereocenters. The van der Waals surface area contributed by atoms with Gasteiger partial charge in [0.15, 0.2) is 0 Å². The van der Waals surface area contributed by atoms with Gasteiger partial charge in [0.05, 0.1) is 6.10 Å². The number of nitrogens with zero attached hydrogens (tertiary/aromatic N) is 1. The number of pyridine rings is 1. The smallest absolute Gasteiger partial charge is 0.389 e. The number of ether oxygens (including phenoxy) is 1. The van der Waals surface area contributed by atoms with Crippen molar-refractivity contribution in [3.63, 3.8) is 0 Å². The molecule has 0 saturated heterocycles. The lowest BCUT2D eigenvalue weighted by molar-refractivity contribution is -0.366. The van der Waals surface area contributed by atoms with Gasteiger partial charge in [0.2, 0.25) is 0 Å². The molecule has 0 saturated carbocycles. The van der Waals surface area contributed by atoms with Crippen LogP contribution in [0.3, 0.4) is 0 Å². The maximum absolute atomic E-state index is 13.8. The normalized spacial score (nSPS) is 16.5. The maximum Gasteiger partial charge on any atom is 0.434 e. The first-order chi connectivity index (χ1) is 13.2. The van der Waals surface area contributed by atoms with E-state index in [0.717, 1.165) is 0 Å². The van der Waals surface area contributed by atoms with Crippen molar-refractivity contribution in [1.29, 1.82) is 0 Å². The number of aliphatic hydroxyl groups is 1. The Morgan fingerprint density at radius 2 is 1.17 bits per heavy atom. The number of hydrogen-bond acceptors (Lipinski definition) is 3. The first kappa shape index (κ1) is 26.2. The van der Waals surface area contributed by atoms with Crippen molar-refractivity contribution in [1.82, 2.24) is 4.98 Å². The molecule has 16 heteroatoms. The summed E-state index contributed by atoms with van der Waals surface area (Å²) >= 11 is 0. The second-order valence-electron chi connectivity index (χ2n) is 5.85. The van der Waals surface area contributed by atoms with Crippen molar-refractivity contribution in [3.8, 4) is 0 Å². The summed E-state index contributed by atoms with van der Waals surface area (Å²) in [7, 11) is 0.499. The Labute approximate surface area is 158 Å². The van der Waals surface area contributed by atoms with Crippen molar-refractivity contribution in [3.05, 3.63) is 29.1 Å². The minimum Gasteiger partial charge on any atom is -0.389 e. The quantitative estimate of drug-likeness (QED) is 0.586. The summed E-state index contributed by atoms with van der Waals surface area (Å²) in [6, 6.07) is -0.283. The van der Waals surface area contributed by atoms with Crippen LogP contribution in [0.15, 0.2) is 12.1 Å². The molecule has 0 amide bonds. The van der Waals surface area contributed by atoms with Gasteiger partial charge in [-0.2, -0.15) is 52.7 Å². The third-order valence-electron chi connectivity index (χ3n) is 3.81. The zero-order chi connectivity index (χ0) is 23.9. The second kappa shape index (κ2) is 8.01. The third-order valence-corrected chi connectivity index (χ3v) is 3.81. The van der Waals surface area contributed by atoms with Crippen LogP contribution in [-0.4, -0.2) is 41.3 Å². The molecule has 0 radical (unpaired) electrons. The third kappa shape index (κ3) is 5.25. The Balaban J connectivity index is 3.49. The van der Waals surface area contributed by atoms with Crippen molar-refractivity contribution in [2.45, 2.75) is 49.0 Å². The summed E-state index contributed by atoms with van der Waals surface area (Å²) in [5, 5.41) is 9.31. The first-order valence-corrected chi connectivity index (χ1v) is 7.35. The molecule has 3 nitrogen and oxygen atoms in total. The van der Waals surface area contributed by atoms with E-state index in [-0.39, 0.29) is 12.1 Å². The molecule has 1 aromatic heterocycles. The van der Waals surface area contributed by atoms with E-state index >= 15 is 0 Å². The maximum atomic E-state index is 13.8. The molecule has 0 bridgehead atoms. The Morgan fingerprint density at radius 3 is 1.43 bits per heavy atom. The summed E-state index contributed by atoms with van der Waals surface area (Å²) in [5.41, 5.74) is -11.9. The van der Waals surface area contributed by atoms with Gasteiger partial charge in [0.25, 0.3) is 0 Å². The molecule has 1 rings (SSSR count). The van der Waals surface area contributed by atoms with Gasteiger partial charge in [0.1, 0.15) is 17.5 Å². The predicted octanol–water partition coefficient (Wildman–Crippen LogP) is 5.39. The van der Waals surface area contributed by atoms with E-state index in [0.29, 0.717) is 7.11 Å². The van der Waals surface area contributed by atoms with E-state index < -0.39 is 66.0 Å². The number of rotatable bonds is 5. The molecule has 0 aliphatic heterocycles. The monoisotopic (exact) mass is 471 g/mol. The number of alkyl halides is 13. The van der Waals surface area contributed by atoms with E-state index in [9.17, 15) is 62.2 Å². The molecule has 0 aromatic carbocycles. The Hall–Kier alpha value is -1.84. The molecule has 2 atom stereocenters. The fraction of sp³-hybridized carbons (Fsp3) is 0.643. The van der Waals surface area contributed by atoms with Gasteiger partial charge in [0, 0.05) is 13.5 Å². The Bertz CT molecular complexity index is 689. The molecule has 1 N–H and O–H groups in total. The fourth-order valence-corrected chi connectivity index (χ4v) is 2.30. The van der Waals surface area contributed by atoms with Crippen LogP contribution in [0.4, 0.5) is 57.1 Å². The number of hydrogen-bond donors (Lipinski definition) is 1. The highest BCUT2D eigenvalue weighted by molar-refractivity contribution is 5.27. The molecule has 174 valence electrons. The van der Waals surface area contributed by atoms with Crippen molar-refractivity contribution < 1.29 is 66.9 Å². The predicted molar refractivity (Wildman–Crippen MR) is 70.6 cm³/mol. The second-order valence-corrected chi connectivity index (χ2v) is 5.85. The van der Waals surface area contributed by atoms with Gasteiger partial charge in [-0.05, 0) is 17.7 Å². The van der Waals surface area contributed by atoms with Crippen LogP contribution in [-0.2, 0) is 17.1 Å². The Morgan fingerprint density at radius 1 is 0.800 bits per heavy atom. The number of halogens is 13. The molecule has 1 heterocycles. The molecule has 0 aliphatic rings. The summed E-state index contributed by atoms with van der Waals surface area (Å²) in [4.78, 5) is 2.30. The molecule has 30 heavy (non-hydrogen) atoms. The van der Waals surface area contributed by atoms with Crippen molar-refractivity contribution >= 4 is 0 Å². The SMILES string of the molecule is COC(CC(O)C(F)(C(F)(F)F)C(F)(F)F)c1cc(C(F)(F)F)nc(C(F)(F)F)c1. The Kier molecular flexibility index (Phi) is 7.00. The molecular weight excluding hydrogens is 461 g/mol. The lowest BCUT2D eigenvalue weighted by Crippen LogP contribution is -2.61. The minimum atomic E-state index is -6.71. The van der Waals surface area contributed by atoms with Gasteiger partial charge in [-0.3, -0.25) is 0 Å². The molecule has 0 fully saturated rings. The molecule has 0 aliphatic carbocycles. The molecule has 1 aromatic rings. The van der Waals surface area contributed by atoms with Gasteiger partial charge in [-0.1, -0.05) is 0 Å². The highest BCUT2D eigenvalue weighted by Gasteiger charge is 2.76. The lowest BCUT2D eigenvalue weighted by atomic mass is 9.90. The summed E-state index contributed by atoms with van der Waals surface area (Å²) in [5.74, 6) is 0. The number of aliphatic hydroxyl groups excluding tert-OH is 1. The van der Waals surface area contributed by atoms with Crippen LogP contribution in [0, 0.1) is 0 Å². The van der Waals surface area contributed by atoms with E-state index in [1.807, 2.05) is 0 Å². The minimum absolute atomic E-state index is 0.142. The first-order valence-electron chi connectivity index (χ1n) is 7.35. The fourth-order valence-electron chi connectivity index (χ4n) is 2.30. The summed E-state index contributed by atoms with van der Waals surface area (Å²) in [6.45, 7) is 0. The standard InChI is InChI=1S/C14H10F13NO2/c1-30-6(4-9(29)10(15,13(22,23)24)14(25,26)27)5-2-7(11(16,17)18)28-8(3-5)12(19,20)21/h2-3,6,9,29H,4H2,1H3. The highest BCUT2D eigenvalue weighted by Crippen LogP contribution is 2.50. The van der Waals surface area contributed by atoms with Crippen LogP contribution in [0.1, 0.15) is 29.5 Å². The van der Waals surface area contributed by atoms with Gasteiger partial charge in [-0.25, -0.2) is 9.37 Å². The van der Waals surface area contributed by atoms with Crippen LogP contribution in [0.25, 0.3) is 0 Å². The summed E-state index contributed by atoms with van der Waals surface area (Å²) < 4.78 is 171. The van der Waals surface area contributed by atoms with E-state index in [1.54, 1.807) is 0 Å². The topological polar surface area (TPSA) is 42.4 Å². The molecule has 0 spiro atoms. The van der Waals surface area contributed by atoms with Crippen molar-refractivity contribution in [2.24, 2.45) is 0 Å². The number of methoxy groups -OCH3 is 1. The zero-order valence-corrected chi connectivity index (χ0v) is 14.2. The van der Waals surface area contributed by atoms with Crippen LogP contribution in [0.5, 0.6) is 0 Å². The molecular formula is C14H10F13NO2. The van der Waals surface area contributed by atoms with Crippen molar-refractivity contribution in [2.75, 3.05) is 7.11 Å². The van der Waals surface area contributed by atoms with Gasteiger partial charge in [-0.15, -0.1) is 0 Å². The lowest BCUT2D eigenvalue weighted by Gasteiger charge is -2.35. The van der Waals surface area contributed by atoms with E-state index in [4.69, 9.17) is 0 Å². The zero-order valence-electron chi connectivity index (χ0n) is 14.2. The van der Waals surface area contributed by atoms with Gasteiger partial charge >= 0.3 is 30.4 Å². The van der Waals surface area contributed by atoms with Gasteiger partial charge < -0.3 is 9.84 Å². The van der Waals surface area contributed by atoms with E-state index in [2.05, 4.69) is 9.72 Å². The van der Waals surface area contributed by atoms with Crippen LogP contribution < -0.4 is 0 Å². The highest BCUT2D eigenvalue weighted by atomic mass is 19.4.